The van der Waals surface area contributed by atoms with E-state index in [1.807, 2.05) is 30.1 Å². The van der Waals surface area contributed by atoms with Crippen LogP contribution in [-0.4, -0.2) is 95.8 Å². The van der Waals surface area contributed by atoms with Crippen molar-refractivity contribution < 1.29 is 33.9 Å². The summed E-state index contributed by atoms with van der Waals surface area (Å²) in [5.74, 6) is -1.55. The van der Waals surface area contributed by atoms with Crippen molar-refractivity contribution in [3.8, 4) is 0 Å². The number of hydrogen-bond donors (Lipinski definition) is 1. The van der Waals surface area contributed by atoms with Crippen molar-refractivity contribution in [3.05, 3.63) is 103 Å². The Kier molecular flexibility index (Phi) is 16.9. The van der Waals surface area contributed by atoms with E-state index in [-0.39, 0.29) is 102 Å². The molecule has 0 atom stereocenters. The van der Waals surface area contributed by atoms with Gasteiger partial charge in [-0.25, -0.2) is 0 Å². The number of carboxylic acid groups (broad SMARTS) is 1. The Morgan fingerprint density at radius 2 is 0.917 bits per heavy atom. The Labute approximate surface area is 443 Å². The third-order valence-corrected chi connectivity index (χ3v) is 18.0. The van der Waals surface area contributed by atoms with Crippen molar-refractivity contribution in [2.24, 2.45) is 21.7 Å². The van der Waals surface area contributed by atoms with Crippen molar-refractivity contribution in [1.82, 2.24) is 29.4 Å². The van der Waals surface area contributed by atoms with Gasteiger partial charge in [0.05, 0.1) is 85.3 Å². The first-order valence-electron chi connectivity index (χ1n) is 25.2. The molecule has 4 saturated carbocycles. The Hall–Kier alpha value is -4.56. The molecule has 4 fully saturated rings. The first-order valence-corrected chi connectivity index (χ1v) is 26.7. The van der Waals surface area contributed by atoms with Crippen LogP contribution in [0.2, 0.25) is 20.1 Å². The van der Waals surface area contributed by atoms with E-state index in [9.17, 15) is 33.9 Å². The second-order valence-electron chi connectivity index (χ2n) is 22.3. The first kappa shape index (κ1) is 55.2. The van der Waals surface area contributed by atoms with Crippen LogP contribution in [0.25, 0.3) is 0 Å². The highest BCUT2D eigenvalue weighted by Crippen LogP contribution is 2.45. The van der Waals surface area contributed by atoms with E-state index in [1.165, 1.54) is 0 Å². The second kappa shape index (κ2) is 22.1. The molecule has 0 bridgehead atoms. The molecule has 4 aliphatic rings. The number of carbonyl (C=O) groups excluding carboxylic acids is 5. The van der Waals surface area contributed by atoms with Crippen LogP contribution >= 0.6 is 46.4 Å². The minimum Gasteiger partial charge on any atom is -0.481 e. The van der Waals surface area contributed by atoms with Crippen LogP contribution in [-0.2, 0) is 9.59 Å². The second-order valence-corrected chi connectivity index (χ2v) is 23.9. The van der Waals surface area contributed by atoms with E-state index < -0.39 is 11.4 Å². The zero-order chi connectivity index (χ0) is 52.5. The highest BCUT2D eigenvalue weighted by Gasteiger charge is 2.42. The lowest BCUT2D eigenvalue weighted by molar-refractivity contribution is -0.150. The Balaban J connectivity index is 0.000000211. The smallest absolute Gasteiger partial charge is 0.309 e. The van der Waals surface area contributed by atoms with Crippen molar-refractivity contribution in [1.29, 1.82) is 0 Å². The monoisotopic (exact) mass is 1060 g/mol. The molecule has 2 amide bonds. The van der Waals surface area contributed by atoms with Crippen molar-refractivity contribution in [2.75, 3.05) is 26.2 Å². The number of amides is 2. The van der Waals surface area contributed by atoms with Gasteiger partial charge in [-0.1, -0.05) is 92.1 Å². The quantitative estimate of drug-likeness (QED) is 0.108. The molecule has 4 aliphatic carbocycles. The number of carboxylic acids is 1. The molecule has 2 heterocycles. The molecule has 72 heavy (non-hydrogen) atoms. The van der Waals surface area contributed by atoms with Gasteiger partial charge in [-0.3, -0.25) is 38.1 Å². The van der Waals surface area contributed by atoms with Crippen molar-refractivity contribution >= 4 is 81.5 Å². The fourth-order valence-electron chi connectivity index (χ4n) is 11.1. The predicted molar refractivity (Wildman–Crippen MR) is 281 cm³/mol. The molecule has 0 unspecified atom stereocenters. The number of Topliss-reactive ketones (excluding diaryl/α,β-unsaturated/α-hetero) is 3. The predicted octanol–water partition coefficient (Wildman–Crippen LogP) is 12.9. The Morgan fingerprint density at radius 1 is 0.583 bits per heavy atom. The summed E-state index contributed by atoms with van der Waals surface area (Å²) in [5.41, 5.74) is 1.95. The van der Waals surface area contributed by atoms with E-state index >= 15 is 0 Å². The number of carbonyl (C=O) groups is 6. The maximum Gasteiger partial charge on any atom is 0.309 e. The topological polar surface area (TPSA) is 165 Å². The number of halogens is 4. The maximum absolute atomic E-state index is 13.8. The molecule has 0 aliphatic heterocycles. The Bertz CT molecular complexity index is 2500. The lowest BCUT2D eigenvalue weighted by Crippen LogP contribution is -2.45. The number of aromatic nitrogens is 4. The van der Waals surface area contributed by atoms with E-state index in [4.69, 9.17) is 46.4 Å². The summed E-state index contributed by atoms with van der Waals surface area (Å²) >= 11 is 25.1. The van der Waals surface area contributed by atoms with E-state index in [0.717, 1.165) is 75.6 Å². The number of hydrogen-bond acceptors (Lipinski definition) is 8. The average Bonchev–Trinajstić information content (AvgIpc) is 3.89. The number of benzene rings is 2. The Morgan fingerprint density at radius 3 is 1.21 bits per heavy atom. The number of nitrogens with zero attached hydrogens (tertiary/aromatic N) is 6. The number of ketones is 3. The third-order valence-electron chi connectivity index (χ3n) is 16.7. The number of rotatable bonds is 16. The summed E-state index contributed by atoms with van der Waals surface area (Å²) in [7, 11) is 0. The summed E-state index contributed by atoms with van der Waals surface area (Å²) in [6, 6.07) is 10.1. The summed E-state index contributed by atoms with van der Waals surface area (Å²) < 4.78 is 3.79. The van der Waals surface area contributed by atoms with Crippen LogP contribution in [0.4, 0.5) is 0 Å². The lowest BCUT2D eigenvalue weighted by atomic mass is 9.70. The SMILES string of the molecule is CC(=O)C1(C)CCC(n2ncc(C(=O)N(CC(=O)c3c(Cl)cccc3Cl)CC3(C)CCC3)c2C)CC1.Cc1c(C(=O)N(CC(=O)c2c(Cl)cccc2Cl)CC2(C)CCC2)cnn1C1CCC(C)(C(=O)O)CC1. The molecule has 0 radical (unpaired) electrons. The van der Waals surface area contributed by atoms with Gasteiger partial charge in [-0.2, -0.15) is 10.2 Å². The molecule has 388 valence electrons. The fraction of sp³-hybridized carbons (Fsp3) is 0.564. The lowest BCUT2D eigenvalue weighted by Gasteiger charge is -2.42. The molecular formula is C55H68Cl4N6O7. The van der Waals surface area contributed by atoms with Crippen molar-refractivity contribution in [2.45, 2.75) is 150 Å². The van der Waals surface area contributed by atoms with Gasteiger partial charge in [0.15, 0.2) is 11.6 Å². The molecule has 2 aromatic heterocycles. The summed E-state index contributed by atoms with van der Waals surface area (Å²) in [4.78, 5) is 81.0. The molecule has 8 rings (SSSR count). The molecule has 1 N–H and O–H groups in total. The van der Waals surface area contributed by atoms with Crippen molar-refractivity contribution in [3.63, 3.8) is 0 Å². The summed E-state index contributed by atoms with van der Waals surface area (Å²) in [6.45, 7) is 14.3. The molecular weight excluding hydrogens is 998 g/mol. The van der Waals surface area contributed by atoms with Crippen LogP contribution < -0.4 is 0 Å². The highest BCUT2D eigenvalue weighted by molar-refractivity contribution is 6.40. The maximum atomic E-state index is 13.8. The van der Waals surface area contributed by atoms with Gasteiger partial charge in [0.25, 0.3) is 11.8 Å². The molecule has 2 aromatic carbocycles. The summed E-state index contributed by atoms with van der Waals surface area (Å²) in [5, 5.41) is 19.8. The van der Waals surface area contributed by atoms with Gasteiger partial charge < -0.3 is 14.9 Å². The summed E-state index contributed by atoms with van der Waals surface area (Å²) in [6.07, 6.45) is 15.3. The van der Waals surface area contributed by atoms with Gasteiger partial charge in [-0.05, 0) is 140 Å². The van der Waals surface area contributed by atoms with Gasteiger partial charge in [0.1, 0.15) is 5.78 Å². The first-order chi connectivity index (χ1) is 33.9. The van der Waals surface area contributed by atoms with E-state index in [1.54, 1.807) is 72.4 Å². The van der Waals surface area contributed by atoms with E-state index in [2.05, 4.69) is 24.0 Å². The van der Waals surface area contributed by atoms with Crippen LogP contribution in [0.5, 0.6) is 0 Å². The van der Waals surface area contributed by atoms with Crippen LogP contribution in [0.15, 0.2) is 48.8 Å². The number of aliphatic carboxylic acids is 1. The molecule has 4 aromatic rings. The highest BCUT2D eigenvalue weighted by atomic mass is 35.5. The largest absolute Gasteiger partial charge is 0.481 e. The zero-order valence-electron chi connectivity index (χ0n) is 42.6. The molecule has 0 spiro atoms. The van der Waals surface area contributed by atoms with Gasteiger partial charge in [0, 0.05) is 29.9 Å². The van der Waals surface area contributed by atoms with E-state index in [0.29, 0.717) is 49.9 Å². The van der Waals surface area contributed by atoms with Crippen LogP contribution in [0.3, 0.4) is 0 Å². The zero-order valence-corrected chi connectivity index (χ0v) is 45.6. The van der Waals surface area contributed by atoms with Crippen LogP contribution in [0.1, 0.15) is 189 Å². The third kappa shape index (κ3) is 11.8. The molecule has 13 nitrogen and oxygen atoms in total. The van der Waals surface area contributed by atoms with Gasteiger partial charge in [-0.15, -0.1) is 0 Å². The average molecular weight is 1070 g/mol. The molecule has 17 heteroatoms. The van der Waals surface area contributed by atoms with Crippen LogP contribution in [0, 0.1) is 35.5 Å². The molecule has 0 saturated heterocycles. The minimum atomic E-state index is -0.766. The normalized spacial score (nSPS) is 23.1. The minimum absolute atomic E-state index is 0.00929. The standard InChI is InChI=1S/C28H35Cl2N3O3.C27H33Cl2N3O4/c1-18-21(15-31-33(18)20-9-13-28(4,14-10-20)19(2)34)26(36)32(17-27(3)11-6-12-27)16-24(35)25-22(29)7-5-8-23(25)30;1-17-19(14-30-32(17)18-8-12-27(3,13-9-18)25(35)36)24(34)31(16-26(2)10-5-11-26)15-22(33)23-20(28)6-4-7-21(23)29/h5,7-8,15,20H,6,9-14,16-17H2,1-4H3;4,6-7,14,18H,5,8-13,15-16H2,1-3H3,(H,35,36). The fourth-order valence-corrected chi connectivity index (χ4v) is 12.3. The van der Waals surface area contributed by atoms with Gasteiger partial charge in [0.2, 0.25) is 0 Å². The van der Waals surface area contributed by atoms with Gasteiger partial charge >= 0.3 is 5.97 Å².